The van der Waals surface area contributed by atoms with Gasteiger partial charge in [-0.15, -0.1) is 11.3 Å². The van der Waals surface area contributed by atoms with Gasteiger partial charge in [0.25, 0.3) is 0 Å². The molecule has 1 aromatic carbocycles. The molecule has 0 N–H and O–H groups in total. The highest BCUT2D eigenvalue weighted by molar-refractivity contribution is 7.21. The number of thiazole rings is 1. The Bertz CT molecular complexity index is 789. The molecule has 19 heavy (non-hydrogen) atoms. The molecule has 0 saturated carbocycles. The number of benzene rings is 1. The molecule has 0 saturated heterocycles. The van der Waals surface area contributed by atoms with Crippen molar-refractivity contribution in [3.63, 3.8) is 0 Å². The molecule has 4 nitrogen and oxygen atoms in total. The molecule has 2 heterocycles. The van der Waals surface area contributed by atoms with Crippen LogP contribution in [0.3, 0.4) is 0 Å². The second kappa shape index (κ2) is 4.67. The van der Waals surface area contributed by atoms with Gasteiger partial charge in [-0.1, -0.05) is 0 Å². The predicted octanol–water partition coefficient (Wildman–Crippen LogP) is 3.24. The van der Waals surface area contributed by atoms with Crippen molar-refractivity contribution < 1.29 is 4.74 Å². The Morgan fingerprint density at radius 2 is 2.21 bits per heavy atom. The molecular formula is C14H9N3OS. The first-order valence-corrected chi connectivity index (χ1v) is 6.42. The lowest BCUT2D eigenvalue weighted by molar-refractivity contribution is 0.415. The highest BCUT2D eigenvalue weighted by atomic mass is 32.1. The SMILES string of the molecule is COc1ccc2sc(-c3ccncc3C#N)nc2c1. The fourth-order valence-electron chi connectivity index (χ4n) is 1.82. The number of rotatable bonds is 2. The molecule has 0 aliphatic heterocycles. The second-order valence-corrected chi connectivity index (χ2v) is 4.92. The van der Waals surface area contributed by atoms with Crippen molar-refractivity contribution in [3.8, 4) is 22.4 Å². The molecule has 0 unspecified atom stereocenters. The van der Waals surface area contributed by atoms with Crippen LogP contribution >= 0.6 is 11.3 Å². The van der Waals surface area contributed by atoms with E-state index in [1.165, 1.54) is 0 Å². The highest BCUT2D eigenvalue weighted by Crippen LogP contribution is 2.33. The summed E-state index contributed by atoms with van der Waals surface area (Å²) in [6.45, 7) is 0. The number of methoxy groups -OCH3 is 1. The van der Waals surface area contributed by atoms with Gasteiger partial charge in [0.15, 0.2) is 0 Å². The molecule has 3 rings (SSSR count). The average molecular weight is 267 g/mol. The van der Waals surface area contributed by atoms with Gasteiger partial charge in [0.05, 0.1) is 22.9 Å². The lowest BCUT2D eigenvalue weighted by atomic mass is 10.2. The number of hydrogen-bond acceptors (Lipinski definition) is 5. The molecule has 0 aliphatic rings. The van der Waals surface area contributed by atoms with E-state index in [0.717, 1.165) is 26.5 Å². The third-order valence-electron chi connectivity index (χ3n) is 2.77. The van der Waals surface area contributed by atoms with Gasteiger partial charge in [0.2, 0.25) is 0 Å². The van der Waals surface area contributed by atoms with Gasteiger partial charge in [0, 0.05) is 24.0 Å². The maximum Gasteiger partial charge on any atom is 0.126 e. The molecule has 2 aromatic heterocycles. The average Bonchev–Trinajstić information content (AvgIpc) is 2.89. The number of nitrogens with zero attached hydrogens (tertiary/aromatic N) is 3. The molecule has 0 aliphatic carbocycles. The third kappa shape index (κ3) is 2.02. The molecule has 0 fully saturated rings. The lowest BCUT2D eigenvalue weighted by Crippen LogP contribution is -1.84. The highest BCUT2D eigenvalue weighted by Gasteiger charge is 2.10. The lowest BCUT2D eigenvalue weighted by Gasteiger charge is -1.97. The molecule has 92 valence electrons. The van der Waals surface area contributed by atoms with Crippen LogP contribution in [0.5, 0.6) is 5.75 Å². The van der Waals surface area contributed by atoms with E-state index in [1.807, 2.05) is 24.3 Å². The Kier molecular flexibility index (Phi) is 2.86. The molecule has 0 spiro atoms. The fourth-order valence-corrected chi connectivity index (χ4v) is 2.80. The fraction of sp³-hybridized carbons (Fsp3) is 0.0714. The van der Waals surface area contributed by atoms with Crippen molar-refractivity contribution in [2.45, 2.75) is 0 Å². The first-order chi connectivity index (χ1) is 9.31. The molecule has 0 amide bonds. The number of hydrogen-bond donors (Lipinski definition) is 0. The molecule has 5 heteroatoms. The minimum atomic E-state index is 0.536. The van der Waals surface area contributed by atoms with Gasteiger partial charge in [-0.05, 0) is 18.2 Å². The molecule has 0 atom stereocenters. The van der Waals surface area contributed by atoms with Crippen LogP contribution in [-0.2, 0) is 0 Å². The van der Waals surface area contributed by atoms with E-state index >= 15 is 0 Å². The Morgan fingerprint density at radius 1 is 1.32 bits per heavy atom. The minimum Gasteiger partial charge on any atom is -0.497 e. The smallest absolute Gasteiger partial charge is 0.126 e. The summed E-state index contributed by atoms with van der Waals surface area (Å²) in [4.78, 5) is 8.52. The van der Waals surface area contributed by atoms with Crippen molar-refractivity contribution in [3.05, 3.63) is 42.2 Å². The van der Waals surface area contributed by atoms with Crippen molar-refractivity contribution in [2.24, 2.45) is 0 Å². The van der Waals surface area contributed by atoms with Gasteiger partial charge in [-0.3, -0.25) is 4.98 Å². The third-order valence-corrected chi connectivity index (χ3v) is 3.84. The van der Waals surface area contributed by atoms with Crippen molar-refractivity contribution >= 4 is 21.6 Å². The Morgan fingerprint density at radius 3 is 3.00 bits per heavy atom. The van der Waals surface area contributed by atoms with Crippen LogP contribution < -0.4 is 4.74 Å². The Labute approximate surface area is 113 Å². The predicted molar refractivity (Wildman–Crippen MR) is 74.1 cm³/mol. The molecule has 3 aromatic rings. The molecular weight excluding hydrogens is 258 g/mol. The van der Waals surface area contributed by atoms with Crippen LogP contribution in [0.2, 0.25) is 0 Å². The first kappa shape index (κ1) is 11.6. The zero-order valence-electron chi connectivity index (χ0n) is 10.1. The summed E-state index contributed by atoms with van der Waals surface area (Å²) in [5.74, 6) is 0.777. The summed E-state index contributed by atoms with van der Waals surface area (Å²) < 4.78 is 6.25. The summed E-state index contributed by atoms with van der Waals surface area (Å²) in [5, 5.41) is 9.93. The van der Waals surface area contributed by atoms with Crippen LogP contribution in [0.4, 0.5) is 0 Å². The minimum absolute atomic E-state index is 0.536. The molecule has 0 radical (unpaired) electrons. The van der Waals surface area contributed by atoms with Crippen molar-refractivity contribution in [2.75, 3.05) is 7.11 Å². The van der Waals surface area contributed by atoms with Crippen LogP contribution in [-0.4, -0.2) is 17.1 Å². The van der Waals surface area contributed by atoms with E-state index in [-0.39, 0.29) is 0 Å². The number of ether oxygens (including phenoxy) is 1. The summed E-state index contributed by atoms with van der Waals surface area (Å²) in [7, 11) is 1.63. The van der Waals surface area contributed by atoms with Crippen LogP contribution in [0, 0.1) is 11.3 Å². The number of pyridine rings is 1. The van der Waals surface area contributed by atoms with Gasteiger partial charge in [-0.2, -0.15) is 5.26 Å². The van der Waals surface area contributed by atoms with Crippen molar-refractivity contribution in [1.82, 2.24) is 9.97 Å². The maximum atomic E-state index is 9.10. The van der Waals surface area contributed by atoms with E-state index in [2.05, 4.69) is 16.0 Å². The Balaban J connectivity index is 2.18. The summed E-state index contributed by atoms with van der Waals surface area (Å²) in [6, 6.07) is 9.72. The summed E-state index contributed by atoms with van der Waals surface area (Å²) >= 11 is 1.55. The Hall–Kier alpha value is -2.45. The van der Waals surface area contributed by atoms with E-state index in [1.54, 1.807) is 30.8 Å². The van der Waals surface area contributed by atoms with E-state index in [9.17, 15) is 0 Å². The van der Waals surface area contributed by atoms with Gasteiger partial charge in [-0.25, -0.2) is 4.98 Å². The zero-order valence-corrected chi connectivity index (χ0v) is 10.9. The van der Waals surface area contributed by atoms with Crippen LogP contribution in [0.15, 0.2) is 36.7 Å². The quantitative estimate of drug-likeness (QED) is 0.715. The van der Waals surface area contributed by atoms with Crippen LogP contribution in [0.1, 0.15) is 5.56 Å². The topological polar surface area (TPSA) is 58.8 Å². The van der Waals surface area contributed by atoms with Gasteiger partial charge >= 0.3 is 0 Å². The normalized spacial score (nSPS) is 10.3. The van der Waals surface area contributed by atoms with Gasteiger partial charge in [0.1, 0.15) is 16.8 Å². The summed E-state index contributed by atoms with van der Waals surface area (Å²) in [6.07, 6.45) is 3.23. The first-order valence-electron chi connectivity index (χ1n) is 5.61. The zero-order chi connectivity index (χ0) is 13.2. The van der Waals surface area contributed by atoms with Crippen molar-refractivity contribution in [1.29, 1.82) is 5.26 Å². The second-order valence-electron chi connectivity index (χ2n) is 3.89. The van der Waals surface area contributed by atoms with E-state index < -0.39 is 0 Å². The molecule has 0 bridgehead atoms. The largest absolute Gasteiger partial charge is 0.497 e. The number of aromatic nitrogens is 2. The number of nitriles is 1. The number of fused-ring (bicyclic) bond motifs is 1. The van der Waals surface area contributed by atoms with E-state index in [0.29, 0.717) is 5.56 Å². The van der Waals surface area contributed by atoms with E-state index in [4.69, 9.17) is 10.00 Å². The maximum absolute atomic E-state index is 9.10. The van der Waals surface area contributed by atoms with Gasteiger partial charge < -0.3 is 4.74 Å². The standard InChI is InChI=1S/C14H9N3OS/c1-18-10-2-3-13-12(6-10)17-14(19-13)11-4-5-16-8-9(11)7-15/h2-6,8H,1H3. The monoisotopic (exact) mass is 267 g/mol. The summed E-state index contributed by atoms with van der Waals surface area (Å²) in [5.41, 5.74) is 2.23. The van der Waals surface area contributed by atoms with Crippen LogP contribution in [0.25, 0.3) is 20.8 Å².